The molecule has 8 heteroatoms. The monoisotopic (exact) mass is 509 g/mol. The number of carbonyl (C=O) groups is 1. The third-order valence-corrected chi connectivity index (χ3v) is 7.89. The first-order valence-electron chi connectivity index (χ1n) is 13.6. The van der Waals surface area contributed by atoms with E-state index in [1.165, 1.54) is 0 Å². The van der Waals surface area contributed by atoms with E-state index in [0.717, 1.165) is 93.4 Å². The number of aryl methyl sites for hydroxylation is 2. The average molecular weight is 510 g/mol. The molecule has 0 bridgehead atoms. The Labute approximate surface area is 221 Å². The van der Waals surface area contributed by atoms with E-state index in [2.05, 4.69) is 58.0 Å². The number of rotatable bonds is 8. The summed E-state index contributed by atoms with van der Waals surface area (Å²) in [5.41, 5.74) is 6.14. The SMILES string of the molecule is CCN(c1cc(CN2CCN(C)CC2)cc(C(=O)NCc2c(C)cc(C)[nH]c2=O)c1C)C1CCOCC1. The Balaban J connectivity index is 1.63. The second kappa shape index (κ2) is 12.2. The zero-order valence-electron chi connectivity index (χ0n) is 23.2. The lowest BCUT2D eigenvalue weighted by Gasteiger charge is -2.37. The summed E-state index contributed by atoms with van der Waals surface area (Å²) in [4.78, 5) is 36.2. The maximum atomic E-state index is 13.6. The number of amides is 1. The third kappa shape index (κ3) is 6.61. The number of anilines is 1. The molecule has 2 saturated heterocycles. The molecule has 1 aromatic carbocycles. The molecule has 2 aliphatic heterocycles. The van der Waals surface area contributed by atoms with E-state index in [9.17, 15) is 9.59 Å². The van der Waals surface area contributed by atoms with Gasteiger partial charge in [-0.3, -0.25) is 14.5 Å². The van der Waals surface area contributed by atoms with Crippen molar-refractivity contribution in [3.63, 3.8) is 0 Å². The minimum atomic E-state index is -0.143. The molecule has 0 unspecified atom stereocenters. The molecule has 0 atom stereocenters. The molecule has 8 nitrogen and oxygen atoms in total. The predicted molar refractivity (Wildman–Crippen MR) is 149 cm³/mol. The zero-order chi connectivity index (χ0) is 26.5. The number of piperazine rings is 1. The van der Waals surface area contributed by atoms with Crippen LogP contribution in [-0.4, -0.2) is 79.7 Å². The van der Waals surface area contributed by atoms with Gasteiger partial charge in [0.25, 0.3) is 11.5 Å². The number of benzene rings is 1. The predicted octanol–water partition coefficient (Wildman–Crippen LogP) is 2.98. The number of hydrogen-bond acceptors (Lipinski definition) is 6. The van der Waals surface area contributed by atoms with Gasteiger partial charge >= 0.3 is 0 Å². The highest BCUT2D eigenvalue weighted by Crippen LogP contribution is 2.30. The first kappa shape index (κ1) is 27.4. The lowest BCUT2D eigenvalue weighted by atomic mass is 9.97. The number of aromatic amines is 1. The molecule has 2 N–H and O–H groups in total. The van der Waals surface area contributed by atoms with E-state index in [-0.39, 0.29) is 18.0 Å². The van der Waals surface area contributed by atoms with Crippen LogP contribution in [0.15, 0.2) is 23.0 Å². The molecule has 0 saturated carbocycles. The molecule has 1 aromatic heterocycles. The van der Waals surface area contributed by atoms with Gasteiger partial charge in [0, 0.05) is 87.6 Å². The number of carbonyl (C=O) groups excluding carboxylic acids is 1. The van der Waals surface area contributed by atoms with Gasteiger partial charge in [0.05, 0.1) is 0 Å². The van der Waals surface area contributed by atoms with Gasteiger partial charge in [-0.25, -0.2) is 0 Å². The maximum Gasteiger partial charge on any atom is 0.253 e. The summed E-state index contributed by atoms with van der Waals surface area (Å²) in [6.07, 6.45) is 1.99. The number of hydrogen-bond donors (Lipinski definition) is 2. The number of nitrogens with one attached hydrogen (secondary N) is 2. The normalized spacial score (nSPS) is 17.6. The van der Waals surface area contributed by atoms with Crippen LogP contribution in [0.1, 0.15) is 58.1 Å². The quantitative estimate of drug-likeness (QED) is 0.570. The molecule has 2 aliphatic rings. The second-order valence-corrected chi connectivity index (χ2v) is 10.6. The molecule has 37 heavy (non-hydrogen) atoms. The first-order chi connectivity index (χ1) is 17.8. The van der Waals surface area contributed by atoms with Crippen molar-refractivity contribution in [1.29, 1.82) is 0 Å². The summed E-state index contributed by atoms with van der Waals surface area (Å²) in [7, 11) is 2.16. The van der Waals surface area contributed by atoms with E-state index < -0.39 is 0 Å². The Hall–Kier alpha value is -2.68. The fourth-order valence-corrected chi connectivity index (χ4v) is 5.63. The van der Waals surface area contributed by atoms with Crippen molar-refractivity contribution in [2.75, 3.05) is 57.9 Å². The van der Waals surface area contributed by atoms with Crippen LogP contribution >= 0.6 is 0 Å². The lowest BCUT2D eigenvalue weighted by Crippen LogP contribution is -2.44. The van der Waals surface area contributed by atoms with Crippen molar-refractivity contribution in [2.24, 2.45) is 0 Å². The molecule has 3 heterocycles. The van der Waals surface area contributed by atoms with Gasteiger partial charge in [-0.1, -0.05) is 0 Å². The van der Waals surface area contributed by atoms with Gasteiger partial charge in [-0.2, -0.15) is 0 Å². The Kier molecular flexibility index (Phi) is 9.05. The number of nitrogens with zero attached hydrogens (tertiary/aromatic N) is 3. The van der Waals surface area contributed by atoms with Gasteiger partial charge in [-0.05, 0) is 82.5 Å². The van der Waals surface area contributed by atoms with E-state index in [1.54, 1.807) is 0 Å². The van der Waals surface area contributed by atoms with Gasteiger partial charge in [-0.15, -0.1) is 0 Å². The Morgan fingerprint density at radius 1 is 1.11 bits per heavy atom. The second-order valence-electron chi connectivity index (χ2n) is 10.6. The van der Waals surface area contributed by atoms with Crippen molar-refractivity contribution in [3.05, 3.63) is 62.1 Å². The fraction of sp³-hybridized carbons (Fsp3) is 0.586. The molecule has 2 aromatic rings. The van der Waals surface area contributed by atoms with Crippen molar-refractivity contribution in [1.82, 2.24) is 20.1 Å². The smallest absolute Gasteiger partial charge is 0.253 e. The Morgan fingerprint density at radius 3 is 2.46 bits per heavy atom. The molecule has 4 rings (SSSR count). The lowest BCUT2D eigenvalue weighted by molar-refractivity contribution is 0.0845. The molecule has 0 radical (unpaired) electrons. The summed E-state index contributed by atoms with van der Waals surface area (Å²) in [5, 5.41) is 3.04. The van der Waals surface area contributed by atoms with Crippen LogP contribution in [0.5, 0.6) is 0 Å². The summed E-state index contributed by atoms with van der Waals surface area (Å²) < 4.78 is 5.63. The van der Waals surface area contributed by atoms with Crippen LogP contribution in [0, 0.1) is 20.8 Å². The van der Waals surface area contributed by atoms with E-state index in [0.29, 0.717) is 17.2 Å². The Morgan fingerprint density at radius 2 is 1.81 bits per heavy atom. The molecule has 202 valence electrons. The van der Waals surface area contributed by atoms with E-state index >= 15 is 0 Å². The van der Waals surface area contributed by atoms with Gasteiger partial charge in [0.15, 0.2) is 0 Å². The minimum absolute atomic E-state index is 0.138. The van der Waals surface area contributed by atoms with Crippen molar-refractivity contribution >= 4 is 11.6 Å². The topological polar surface area (TPSA) is 80.9 Å². The molecule has 0 spiro atoms. The summed E-state index contributed by atoms with van der Waals surface area (Å²) in [6, 6.07) is 6.69. The fourth-order valence-electron chi connectivity index (χ4n) is 5.63. The number of likely N-dealkylation sites (N-methyl/N-ethyl adjacent to an activating group) is 1. The summed E-state index contributed by atoms with van der Waals surface area (Å²) in [6.45, 7) is 15.6. The standard InChI is InChI=1S/C29H43N5O3/c1-6-34(24-7-13-37-14-8-24)27-17-23(19-33-11-9-32(5)10-12-33)16-25(22(27)4)28(35)30-18-26-20(2)15-21(3)31-29(26)36/h15-17,24H,6-14,18-19H2,1-5H3,(H,30,35)(H,31,36). The molecular weight excluding hydrogens is 466 g/mol. The number of aromatic nitrogens is 1. The first-order valence-corrected chi connectivity index (χ1v) is 13.6. The van der Waals surface area contributed by atoms with E-state index in [4.69, 9.17) is 4.74 Å². The van der Waals surface area contributed by atoms with Crippen LogP contribution in [0.25, 0.3) is 0 Å². The van der Waals surface area contributed by atoms with E-state index in [1.807, 2.05) is 19.9 Å². The molecule has 0 aliphatic carbocycles. The van der Waals surface area contributed by atoms with Gasteiger partial charge in [0.1, 0.15) is 0 Å². The summed E-state index contributed by atoms with van der Waals surface area (Å²) >= 11 is 0. The van der Waals surface area contributed by atoms with Crippen LogP contribution in [0.2, 0.25) is 0 Å². The van der Waals surface area contributed by atoms with Crippen LogP contribution in [0.4, 0.5) is 5.69 Å². The highest BCUT2D eigenvalue weighted by atomic mass is 16.5. The highest BCUT2D eigenvalue weighted by molar-refractivity contribution is 5.97. The van der Waals surface area contributed by atoms with Crippen molar-refractivity contribution in [2.45, 2.75) is 59.7 Å². The van der Waals surface area contributed by atoms with Crippen molar-refractivity contribution < 1.29 is 9.53 Å². The molecule has 2 fully saturated rings. The van der Waals surface area contributed by atoms with Crippen molar-refractivity contribution in [3.8, 4) is 0 Å². The molecule has 1 amide bonds. The third-order valence-electron chi connectivity index (χ3n) is 7.89. The maximum absolute atomic E-state index is 13.6. The molecular formula is C29H43N5O3. The highest BCUT2D eigenvalue weighted by Gasteiger charge is 2.25. The Bertz CT molecular complexity index is 1150. The van der Waals surface area contributed by atoms with Gasteiger partial charge in [0.2, 0.25) is 0 Å². The van der Waals surface area contributed by atoms with Gasteiger partial charge < -0.3 is 24.8 Å². The van der Waals surface area contributed by atoms with Crippen LogP contribution in [0.3, 0.4) is 0 Å². The average Bonchev–Trinajstić information content (AvgIpc) is 2.87. The van der Waals surface area contributed by atoms with Crippen LogP contribution in [-0.2, 0) is 17.8 Å². The number of ether oxygens (including phenoxy) is 1. The van der Waals surface area contributed by atoms with Crippen LogP contribution < -0.4 is 15.8 Å². The number of pyridine rings is 1. The minimum Gasteiger partial charge on any atom is -0.381 e. The summed E-state index contributed by atoms with van der Waals surface area (Å²) in [5.74, 6) is -0.138. The zero-order valence-corrected chi connectivity index (χ0v) is 23.2. The largest absolute Gasteiger partial charge is 0.381 e. The number of H-pyrrole nitrogens is 1.